The fourth-order valence-electron chi connectivity index (χ4n) is 3.53. The Balaban J connectivity index is 2.16. The third kappa shape index (κ3) is 3.43. The van der Waals surface area contributed by atoms with E-state index < -0.39 is 11.6 Å². The Labute approximate surface area is 126 Å². The third-order valence-electron chi connectivity index (χ3n) is 5.05. The van der Waals surface area contributed by atoms with Crippen LogP contribution in [0.5, 0.6) is 0 Å². The SMILES string of the molecule is Cc1ccc(C(NN)C2CCC(C(C)C)CC2)c(F)c1F. The zero-order valence-corrected chi connectivity index (χ0v) is 13.1. The molecule has 0 aliphatic heterocycles. The maximum absolute atomic E-state index is 14.2. The van der Waals surface area contributed by atoms with Gasteiger partial charge in [0.2, 0.25) is 0 Å². The van der Waals surface area contributed by atoms with Crippen LogP contribution in [0.4, 0.5) is 8.78 Å². The van der Waals surface area contributed by atoms with Gasteiger partial charge in [0, 0.05) is 5.56 Å². The second-order valence-electron chi connectivity index (χ2n) is 6.66. The predicted molar refractivity (Wildman–Crippen MR) is 81.4 cm³/mol. The normalized spacial score (nSPS) is 24.3. The minimum atomic E-state index is -0.761. The van der Waals surface area contributed by atoms with Crippen LogP contribution in [0.2, 0.25) is 0 Å². The zero-order chi connectivity index (χ0) is 15.6. The van der Waals surface area contributed by atoms with E-state index in [4.69, 9.17) is 5.84 Å². The summed E-state index contributed by atoms with van der Waals surface area (Å²) in [5.41, 5.74) is 3.40. The third-order valence-corrected chi connectivity index (χ3v) is 5.05. The molecule has 0 amide bonds. The van der Waals surface area contributed by atoms with E-state index in [9.17, 15) is 8.78 Å². The van der Waals surface area contributed by atoms with Crippen molar-refractivity contribution in [2.45, 2.75) is 52.5 Å². The lowest BCUT2D eigenvalue weighted by Crippen LogP contribution is -2.36. The number of hydrogen-bond acceptors (Lipinski definition) is 2. The molecule has 0 radical (unpaired) electrons. The molecule has 1 aliphatic rings. The highest BCUT2D eigenvalue weighted by Gasteiger charge is 2.31. The van der Waals surface area contributed by atoms with E-state index in [0.29, 0.717) is 17.0 Å². The number of nitrogens with one attached hydrogen (secondary N) is 1. The van der Waals surface area contributed by atoms with Crippen LogP contribution >= 0.6 is 0 Å². The monoisotopic (exact) mass is 296 g/mol. The van der Waals surface area contributed by atoms with E-state index in [2.05, 4.69) is 19.3 Å². The summed E-state index contributed by atoms with van der Waals surface area (Å²) < 4.78 is 28.0. The zero-order valence-electron chi connectivity index (χ0n) is 13.1. The molecule has 0 aromatic heterocycles. The van der Waals surface area contributed by atoms with Crippen molar-refractivity contribution < 1.29 is 8.78 Å². The Morgan fingerprint density at radius 2 is 1.62 bits per heavy atom. The van der Waals surface area contributed by atoms with Crippen LogP contribution in [0.25, 0.3) is 0 Å². The van der Waals surface area contributed by atoms with Crippen LogP contribution in [0.1, 0.15) is 56.7 Å². The summed E-state index contributed by atoms with van der Waals surface area (Å²) >= 11 is 0. The van der Waals surface area contributed by atoms with Gasteiger partial charge in [0.05, 0.1) is 6.04 Å². The molecule has 1 unspecified atom stereocenters. The number of hydrazine groups is 1. The number of halogens is 2. The lowest BCUT2D eigenvalue weighted by atomic mass is 9.73. The van der Waals surface area contributed by atoms with E-state index in [1.165, 1.54) is 0 Å². The van der Waals surface area contributed by atoms with Crippen molar-refractivity contribution in [2.75, 3.05) is 0 Å². The minimum Gasteiger partial charge on any atom is -0.271 e. The molecule has 0 heterocycles. The molecule has 0 saturated heterocycles. The van der Waals surface area contributed by atoms with E-state index in [1.54, 1.807) is 19.1 Å². The van der Waals surface area contributed by atoms with Crippen molar-refractivity contribution in [1.29, 1.82) is 0 Å². The molecule has 2 nitrogen and oxygen atoms in total. The Bertz CT molecular complexity index is 480. The van der Waals surface area contributed by atoms with Crippen molar-refractivity contribution in [3.8, 4) is 0 Å². The molecule has 0 spiro atoms. The lowest BCUT2D eigenvalue weighted by Gasteiger charge is -2.35. The minimum absolute atomic E-state index is 0.265. The average molecular weight is 296 g/mol. The summed E-state index contributed by atoms with van der Waals surface area (Å²) in [5, 5.41) is 0. The van der Waals surface area contributed by atoms with Gasteiger partial charge in [-0.3, -0.25) is 11.3 Å². The fourth-order valence-corrected chi connectivity index (χ4v) is 3.53. The van der Waals surface area contributed by atoms with Crippen LogP contribution in [0.15, 0.2) is 12.1 Å². The fraction of sp³-hybridized carbons (Fsp3) is 0.647. The highest BCUT2D eigenvalue weighted by molar-refractivity contribution is 5.28. The first-order chi connectivity index (χ1) is 9.95. The Morgan fingerprint density at radius 1 is 1.05 bits per heavy atom. The van der Waals surface area contributed by atoms with Crippen LogP contribution in [0, 0.1) is 36.3 Å². The number of hydrogen-bond donors (Lipinski definition) is 2. The summed E-state index contributed by atoms with van der Waals surface area (Å²) in [6.45, 7) is 6.07. The molecule has 2 rings (SSSR count). The molecular formula is C17H26F2N2. The topological polar surface area (TPSA) is 38.0 Å². The summed E-state index contributed by atoms with van der Waals surface area (Å²) in [4.78, 5) is 0. The van der Waals surface area contributed by atoms with Gasteiger partial charge in [-0.25, -0.2) is 8.78 Å². The number of benzene rings is 1. The van der Waals surface area contributed by atoms with Crippen molar-refractivity contribution >= 4 is 0 Å². The molecule has 21 heavy (non-hydrogen) atoms. The Hall–Kier alpha value is -1.00. The molecule has 1 aromatic carbocycles. The van der Waals surface area contributed by atoms with E-state index >= 15 is 0 Å². The van der Waals surface area contributed by atoms with E-state index in [1.807, 2.05) is 0 Å². The van der Waals surface area contributed by atoms with Gasteiger partial charge >= 0.3 is 0 Å². The van der Waals surface area contributed by atoms with Crippen LogP contribution in [0.3, 0.4) is 0 Å². The number of nitrogens with two attached hydrogens (primary N) is 1. The van der Waals surface area contributed by atoms with Gasteiger partial charge < -0.3 is 0 Å². The molecule has 1 fully saturated rings. The van der Waals surface area contributed by atoms with Crippen molar-refractivity contribution in [1.82, 2.24) is 5.43 Å². The molecule has 118 valence electrons. The molecule has 3 N–H and O–H groups in total. The largest absolute Gasteiger partial charge is 0.271 e. The first kappa shape index (κ1) is 16.4. The van der Waals surface area contributed by atoms with Gasteiger partial charge in [0.15, 0.2) is 11.6 Å². The van der Waals surface area contributed by atoms with Crippen molar-refractivity contribution in [3.63, 3.8) is 0 Å². The first-order valence-corrected chi connectivity index (χ1v) is 7.86. The first-order valence-electron chi connectivity index (χ1n) is 7.86. The second kappa shape index (κ2) is 6.84. The highest BCUT2D eigenvalue weighted by atomic mass is 19.2. The molecule has 4 heteroatoms. The van der Waals surface area contributed by atoms with Gasteiger partial charge in [0.25, 0.3) is 0 Å². The van der Waals surface area contributed by atoms with Gasteiger partial charge in [-0.05, 0) is 55.9 Å². The quantitative estimate of drug-likeness (QED) is 0.644. The van der Waals surface area contributed by atoms with Crippen LogP contribution in [-0.2, 0) is 0 Å². The van der Waals surface area contributed by atoms with E-state index in [0.717, 1.165) is 31.6 Å². The average Bonchev–Trinajstić information content (AvgIpc) is 2.48. The van der Waals surface area contributed by atoms with Gasteiger partial charge in [-0.1, -0.05) is 26.0 Å². The van der Waals surface area contributed by atoms with E-state index in [-0.39, 0.29) is 12.0 Å². The van der Waals surface area contributed by atoms with Crippen LogP contribution in [-0.4, -0.2) is 0 Å². The molecule has 1 saturated carbocycles. The summed E-state index contributed by atoms with van der Waals surface area (Å²) in [6.07, 6.45) is 4.28. The maximum atomic E-state index is 14.2. The molecule has 0 bridgehead atoms. The standard InChI is InChI=1S/C17H26F2N2/c1-10(2)12-5-7-13(8-6-12)17(21-20)14-9-4-11(3)15(18)16(14)19/h4,9-10,12-13,17,21H,5-8,20H2,1-3H3. The number of rotatable bonds is 4. The highest BCUT2D eigenvalue weighted by Crippen LogP contribution is 2.40. The van der Waals surface area contributed by atoms with Crippen molar-refractivity contribution in [2.24, 2.45) is 23.6 Å². The lowest BCUT2D eigenvalue weighted by molar-refractivity contribution is 0.187. The van der Waals surface area contributed by atoms with Crippen LogP contribution < -0.4 is 11.3 Å². The Morgan fingerprint density at radius 3 is 2.14 bits per heavy atom. The summed E-state index contributed by atoms with van der Waals surface area (Å²) in [5.74, 6) is 5.81. The molecule has 1 aliphatic carbocycles. The molecule has 1 atom stereocenters. The van der Waals surface area contributed by atoms with Crippen molar-refractivity contribution in [3.05, 3.63) is 34.9 Å². The Kier molecular flexibility index (Phi) is 5.33. The predicted octanol–water partition coefficient (Wildman–Crippen LogP) is 4.24. The maximum Gasteiger partial charge on any atom is 0.163 e. The summed E-state index contributed by atoms with van der Waals surface area (Å²) in [7, 11) is 0. The molecular weight excluding hydrogens is 270 g/mol. The van der Waals surface area contributed by atoms with Gasteiger partial charge in [0.1, 0.15) is 0 Å². The van der Waals surface area contributed by atoms with Gasteiger partial charge in [-0.15, -0.1) is 0 Å². The van der Waals surface area contributed by atoms with Gasteiger partial charge in [-0.2, -0.15) is 0 Å². The second-order valence-corrected chi connectivity index (χ2v) is 6.66. The summed E-state index contributed by atoms with van der Waals surface area (Å²) in [6, 6.07) is 2.97. The number of aryl methyl sites for hydroxylation is 1. The molecule has 1 aromatic rings. The smallest absolute Gasteiger partial charge is 0.163 e.